The third-order valence-corrected chi connectivity index (χ3v) is 2.32. The van der Waals surface area contributed by atoms with Crippen LogP contribution in [0.1, 0.15) is 20.8 Å². The van der Waals surface area contributed by atoms with E-state index < -0.39 is 17.2 Å². The van der Waals surface area contributed by atoms with E-state index in [2.05, 4.69) is 0 Å². The first kappa shape index (κ1) is 12.5. The number of rotatable bonds is 3. The number of aliphatic carboxylic acids is 1. The van der Waals surface area contributed by atoms with Crippen molar-refractivity contribution in [2.45, 2.75) is 26.6 Å². The Morgan fingerprint density at radius 3 is 2.06 bits per heavy atom. The van der Waals surface area contributed by atoms with Gasteiger partial charge in [-0.25, -0.2) is 4.79 Å². The van der Waals surface area contributed by atoms with E-state index in [0.717, 1.165) is 0 Å². The van der Waals surface area contributed by atoms with E-state index in [1.54, 1.807) is 51.1 Å². The molecule has 88 valence electrons. The average Bonchev–Trinajstić information content (AvgIpc) is 2.17. The van der Waals surface area contributed by atoms with Crippen molar-refractivity contribution in [1.29, 1.82) is 0 Å². The SMILES string of the molecule is CC(C)(C)C(O)(Oc1ccccc1)C(=O)O. The summed E-state index contributed by atoms with van der Waals surface area (Å²) in [6.07, 6.45) is 0. The first-order valence-electron chi connectivity index (χ1n) is 4.97. The van der Waals surface area contributed by atoms with E-state index in [0.29, 0.717) is 5.75 Å². The van der Waals surface area contributed by atoms with Gasteiger partial charge in [-0.1, -0.05) is 39.0 Å². The van der Waals surface area contributed by atoms with Crippen molar-refractivity contribution in [3.05, 3.63) is 30.3 Å². The van der Waals surface area contributed by atoms with Gasteiger partial charge in [0.05, 0.1) is 0 Å². The molecule has 0 aliphatic carbocycles. The summed E-state index contributed by atoms with van der Waals surface area (Å²) >= 11 is 0. The molecule has 0 heterocycles. The summed E-state index contributed by atoms with van der Waals surface area (Å²) in [5.74, 6) is -3.32. The van der Waals surface area contributed by atoms with Gasteiger partial charge in [-0.05, 0) is 12.1 Å². The molecule has 1 aromatic carbocycles. The topological polar surface area (TPSA) is 66.8 Å². The van der Waals surface area contributed by atoms with Crippen LogP contribution in [0.2, 0.25) is 0 Å². The van der Waals surface area contributed by atoms with Crippen molar-refractivity contribution in [1.82, 2.24) is 0 Å². The second-order valence-electron chi connectivity index (χ2n) is 4.61. The maximum atomic E-state index is 11.1. The maximum absolute atomic E-state index is 11.1. The molecule has 0 aliphatic rings. The van der Waals surface area contributed by atoms with Gasteiger partial charge < -0.3 is 14.9 Å². The smallest absolute Gasteiger partial charge is 0.377 e. The summed E-state index contributed by atoms with van der Waals surface area (Å²) in [7, 11) is 0. The molecule has 0 saturated carbocycles. The lowest BCUT2D eigenvalue weighted by molar-refractivity contribution is -0.225. The first-order valence-corrected chi connectivity index (χ1v) is 4.97. The standard InChI is InChI=1S/C12H16O4/c1-11(2,3)12(15,10(13)14)16-9-7-5-4-6-8-9/h4-8,15H,1-3H3,(H,13,14). The van der Waals surface area contributed by atoms with Gasteiger partial charge in [0.2, 0.25) is 0 Å². The Labute approximate surface area is 94.5 Å². The van der Waals surface area contributed by atoms with Crippen LogP contribution in [0.25, 0.3) is 0 Å². The quantitative estimate of drug-likeness (QED) is 0.769. The number of carboxylic acid groups (broad SMARTS) is 1. The lowest BCUT2D eigenvalue weighted by atomic mass is 9.85. The zero-order valence-electron chi connectivity index (χ0n) is 9.60. The molecule has 0 fully saturated rings. The molecule has 1 aromatic rings. The van der Waals surface area contributed by atoms with Gasteiger partial charge in [0.1, 0.15) is 5.75 Å². The second-order valence-corrected chi connectivity index (χ2v) is 4.61. The number of benzene rings is 1. The highest BCUT2D eigenvalue weighted by molar-refractivity contribution is 5.76. The number of hydrogen-bond acceptors (Lipinski definition) is 3. The monoisotopic (exact) mass is 224 g/mol. The maximum Gasteiger partial charge on any atom is 0.377 e. The van der Waals surface area contributed by atoms with E-state index in [1.807, 2.05) is 0 Å². The predicted octanol–water partition coefficient (Wildman–Crippen LogP) is 1.88. The second kappa shape index (κ2) is 4.14. The number of carbonyl (C=O) groups is 1. The fourth-order valence-corrected chi connectivity index (χ4v) is 1.18. The van der Waals surface area contributed by atoms with Crippen molar-refractivity contribution in [2.24, 2.45) is 5.41 Å². The summed E-state index contributed by atoms with van der Waals surface area (Å²) in [4.78, 5) is 11.1. The number of hydrogen-bond donors (Lipinski definition) is 2. The van der Waals surface area contributed by atoms with Gasteiger partial charge in [-0.3, -0.25) is 0 Å². The Balaban J connectivity index is 3.03. The first-order chi connectivity index (χ1) is 7.27. The molecule has 0 aliphatic heterocycles. The van der Waals surface area contributed by atoms with E-state index in [1.165, 1.54) is 0 Å². The van der Waals surface area contributed by atoms with Crippen LogP contribution >= 0.6 is 0 Å². The molecule has 0 amide bonds. The fourth-order valence-electron chi connectivity index (χ4n) is 1.18. The molecule has 1 rings (SSSR count). The Kier molecular flexibility index (Phi) is 3.24. The molecule has 4 heteroatoms. The molecule has 1 atom stereocenters. The zero-order chi connectivity index (χ0) is 12.4. The Hall–Kier alpha value is -1.55. The van der Waals surface area contributed by atoms with Gasteiger partial charge in [0.15, 0.2) is 0 Å². The molecule has 0 bridgehead atoms. The number of carboxylic acids is 1. The summed E-state index contributed by atoms with van der Waals surface area (Å²) < 4.78 is 5.18. The van der Waals surface area contributed by atoms with Gasteiger partial charge in [0, 0.05) is 5.41 Å². The number of ether oxygens (including phenoxy) is 1. The van der Waals surface area contributed by atoms with Crippen LogP contribution < -0.4 is 4.74 Å². The predicted molar refractivity (Wildman–Crippen MR) is 59.1 cm³/mol. The molecular formula is C12H16O4. The zero-order valence-corrected chi connectivity index (χ0v) is 9.60. The third-order valence-electron chi connectivity index (χ3n) is 2.32. The molecule has 16 heavy (non-hydrogen) atoms. The van der Waals surface area contributed by atoms with Crippen LogP contribution in [0.4, 0.5) is 0 Å². The molecule has 1 unspecified atom stereocenters. The van der Waals surface area contributed by atoms with Gasteiger partial charge in [-0.2, -0.15) is 0 Å². The fraction of sp³-hybridized carbons (Fsp3) is 0.417. The minimum Gasteiger partial charge on any atom is -0.476 e. The lowest BCUT2D eigenvalue weighted by Gasteiger charge is -2.35. The van der Waals surface area contributed by atoms with E-state index >= 15 is 0 Å². The van der Waals surface area contributed by atoms with Gasteiger partial charge in [0.25, 0.3) is 0 Å². The molecule has 0 aromatic heterocycles. The summed E-state index contributed by atoms with van der Waals surface area (Å²) in [6, 6.07) is 8.39. The Morgan fingerprint density at radius 1 is 1.19 bits per heavy atom. The largest absolute Gasteiger partial charge is 0.476 e. The van der Waals surface area contributed by atoms with Gasteiger partial charge in [-0.15, -0.1) is 0 Å². The lowest BCUT2D eigenvalue weighted by Crippen LogP contribution is -2.54. The van der Waals surface area contributed by atoms with Crippen molar-refractivity contribution >= 4 is 5.97 Å². The molecular weight excluding hydrogens is 208 g/mol. The molecule has 0 spiro atoms. The van der Waals surface area contributed by atoms with Crippen LogP contribution in [0, 0.1) is 5.41 Å². The normalized spacial score (nSPS) is 15.2. The summed E-state index contributed by atoms with van der Waals surface area (Å²) in [6.45, 7) is 4.80. The number of para-hydroxylation sites is 1. The van der Waals surface area contributed by atoms with E-state index in [9.17, 15) is 9.90 Å². The Bertz CT molecular complexity index is 366. The van der Waals surface area contributed by atoms with E-state index in [4.69, 9.17) is 9.84 Å². The average molecular weight is 224 g/mol. The van der Waals surface area contributed by atoms with Crippen molar-refractivity contribution in [3.63, 3.8) is 0 Å². The highest BCUT2D eigenvalue weighted by atomic mass is 16.6. The van der Waals surface area contributed by atoms with Crippen LogP contribution in [-0.2, 0) is 4.79 Å². The van der Waals surface area contributed by atoms with Crippen LogP contribution in [0.5, 0.6) is 5.75 Å². The molecule has 2 N–H and O–H groups in total. The molecule has 0 radical (unpaired) electrons. The van der Waals surface area contributed by atoms with Crippen LogP contribution in [-0.4, -0.2) is 22.0 Å². The van der Waals surface area contributed by atoms with Crippen LogP contribution in [0.15, 0.2) is 30.3 Å². The van der Waals surface area contributed by atoms with Crippen molar-refractivity contribution < 1.29 is 19.7 Å². The van der Waals surface area contributed by atoms with Crippen molar-refractivity contribution in [3.8, 4) is 5.75 Å². The Morgan fingerprint density at radius 2 is 1.69 bits per heavy atom. The minimum atomic E-state index is -2.24. The third kappa shape index (κ3) is 2.33. The highest BCUT2D eigenvalue weighted by Crippen LogP contribution is 2.33. The van der Waals surface area contributed by atoms with Crippen molar-refractivity contribution in [2.75, 3.05) is 0 Å². The van der Waals surface area contributed by atoms with Gasteiger partial charge >= 0.3 is 11.8 Å². The highest BCUT2D eigenvalue weighted by Gasteiger charge is 2.50. The summed E-state index contributed by atoms with van der Waals surface area (Å²) in [5, 5.41) is 19.1. The van der Waals surface area contributed by atoms with E-state index in [-0.39, 0.29) is 0 Å². The minimum absolute atomic E-state index is 0.322. The summed E-state index contributed by atoms with van der Waals surface area (Å²) in [5.41, 5.74) is -0.936. The molecule has 4 nitrogen and oxygen atoms in total. The van der Waals surface area contributed by atoms with Crippen LogP contribution in [0.3, 0.4) is 0 Å². The molecule has 0 saturated heterocycles. The number of aliphatic hydroxyl groups is 1.